The second-order valence-corrected chi connectivity index (χ2v) is 9.15. The molecule has 0 aliphatic rings. The summed E-state index contributed by atoms with van der Waals surface area (Å²) in [5.74, 6) is 0.792. The molecule has 33 heavy (non-hydrogen) atoms. The maximum atomic E-state index is 12.5. The van der Waals surface area contributed by atoms with Crippen molar-refractivity contribution in [3.63, 3.8) is 0 Å². The molecular weight excluding hydrogens is 503 g/mol. The van der Waals surface area contributed by atoms with Gasteiger partial charge in [0.25, 0.3) is 5.91 Å². The summed E-state index contributed by atoms with van der Waals surface area (Å²) >= 11 is 19.8. The van der Waals surface area contributed by atoms with Crippen LogP contribution in [0.25, 0.3) is 10.1 Å². The number of nitrogens with zero attached hydrogens (tertiary/aromatic N) is 1. The zero-order valence-electron chi connectivity index (χ0n) is 17.3. The number of thiophene rings is 1. The van der Waals surface area contributed by atoms with E-state index in [1.54, 1.807) is 31.4 Å². The van der Waals surface area contributed by atoms with Crippen LogP contribution in [0.2, 0.25) is 15.1 Å². The number of benzene rings is 3. The van der Waals surface area contributed by atoms with Crippen LogP contribution in [0.15, 0.2) is 65.8 Å². The number of methoxy groups -OCH3 is 1. The molecule has 1 aromatic heterocycles. The monoisotopic (exact) mass is 518 g/mol. The van der Waals surface area contributed by atoms with E-state index in [2.05, 4.69) is 10.5 Å². The van der Waals surface area contributed by atoms with Gasteiger partial charge < -0.3 is 9.47 Å². The van der Waals surface area contributed by atoms with Gasteiger partial charge in [0.05, 0.1) is 23.4 Å². The Hall–Kier alpha value is -2.77. The average molecular weight is 520 g/mol. The third-order valence-corrected chi connectivity index (χ3v) is 6.91. The van der Waals surface area contributed by atoms with Crippen LogP contribution >= 0.6 is 46.1 Å². The van der Waals surface area contributed by atoms with Gasteiger partial charge in [-0.05, 0) is 48.0 Å². The molecule has 4 rings (SSSR count). The quantitative estimate of drug-likeness (QED) is 0.207. The van der Waals surface area contributed by atoms with E-state index in [0.717, 1.165) is 21.2 Å². The Bertz CT molecular complexity index is 1350. The Morgan fingerprint density at radius 1 is 1.06 bits per heavy atom. The smallest absolute Gasteiger partial charge is 0.283 e. The highest BCUT2D eigenvalue weighted by molar-refractivity contribution is 7.21. The molecule has 0 saturated heterocycles. The predicted octanol–water partition coefficient (Wildman–Crippen LogP) is 7.21. The van der Waals surface area contributed by atoms with Crippen molar-refractivity contribution in [2.75, 3.05) is 7.11 Å². The fraction of sp³-hybridized carbons (Fsp3) is 0.0833. The summed E-state index contributed by atoms with van der Waals surface area (Å²) in [6, 6.07) is 18.1. The Morgan fingerprint density at radius 2 is 1.85 bits per heavy atom. The second kappa shape index (κ2) is 10.4. The van der Waals surface area contributed by atoms with Crippen molar-refractivity contribution >= 4 is 68.3 Å². The topological polar surface area (TPSA) is 59.9 Å². The first-order valence-corrected chi connectivity index (χ1v) is 11.7. The van der Waals surface area contributed by atoms with Crippen molar-refractivity contribution in [1.29, 1.82) is 0 Å². The number of carbonyl (C=O) groups excluding carboxylic acids is 1. The average Bonchev–Trinajstić information content (AvgIpc) is 3.15. The summed E-state index contributed by atoms with van der Waals surface area (Å²) in [4.78, 5) is 13.0. The molecule has 168 valence electrons. The van der Waals surface area contributed by atoms with Gasteiger partial charge >= 0.3 is 0 Å². The first-order valence-electron chi connectivity index (χ1n) is 9.71. The molecule has 0 aliphatic carbocycles. The first-order chi connectivity index (χ1) is 16.0. The lowest BCUT2D eigenvalue weighted by Crippen LogP contribution is -2.16. The molecule has 0 radical (unpaired) electrons. The standard InChI is InChI=1S/C24H17Cl3N2O3S/c1-31-19-8-6-14(10-15(19)13-32-20-9-7-16(25)11-18(20)26)12-28-29-24(30)23-22(27)17-4-2-3-5-21(17)33-23/h2-12H,13H2,1H3,(H,29,30)/b28-12+. The summed E-state index contributed by atoms with van der Waals surface area (Å²) in [6.07, 6.45) is 1.54. The Kier molecular flexibility index (Phi) is 7.40. The number of rotatable bonds is 7. The lowest BCUT2D eigenvalue weighted by molar-refractivity contribution is 0.0959. The van der Waals surface area contributed by atoms with Gasteiger partial charge in [0, 0.05) is 20.7 Å². The Morgan fingerprint density at radius 3 is 2.61 bits per heavy atom. The van der Waals surface area contributed by atoms with Gasteiger partial charge in [-0.15, -0.1) is 11.3 Å². The van der Waals surface area contributed by atoms with Gasteiger partial charge in [-0.1, -0.05) is 53.0 Å². The highest BCUT2D eigenvalue weighted by atomic mass is 35.5. The summed E-state index contributed by atoms with van der Waals surface area (Å²) in [5, 5.41) is 6.29. The molecule has 3 aromatic carbocycles. The number of hydrazone groups is 1. The number of ether oxygens (including phenoxy) is 2. The van der Waals surface area contributed by atoms with Crippen LogP contribution in [0.3, 0.4) is 0 Å². The number of halogens is 3. The van der Waals surface area contributed by atoms with Crippen molar-refractivity contribution in [3.8, 4) is 11.5 Å². The predicted molar refractivity (Wildman–Crippen MR) is 136 cm³/mol. The molecule has 9 heteroatoms. The minimum Gasteiger partial charge on any atom is -0.496 e. The highest BCUT2D eigenvalue weighted by Gasteiger charge is 2.16. The molecule has 1 amide bonds. The summed E-state index contributed by atoms with van der Waals surface area (Å²) in [5.41, 5.74) is 4.06. The zero-order valence-corrected chi connectivity index (χ0v) is 20.4. The maximum absolute atomic E-state index is 12.5. The van der Waals surface area contributed by atoms with Crippen LogP contribution in [0.4, 0.5) is 0 Å². The number of fused-ring (bicyclic) bond motifs is 1. The van der Waals surface area contributed by atoms with Crippen molar-refractivity contribution in [3.05, 3.63) is 91.7 Å². The SMILES string of the molecule is COc1ccc(/C=N/NC(=O)c2sc3ccccc3c2Cl)cc1COc1ccc(Cl)cc1Cl. The number of hydrogen-bond donors (Lipinski definition) is 1. The van der Waals surface area contributed by atoms with E-state index in [1.807, 2.05) is 36.4 Å². The van der Waals surface area contributed by atoms with Gasteiger partial charge in [-0.3, -0.25) is 4.79 Å². The minimum atomic E-state index is -0.369. The first kappa shape index (κ1) is 23.4. The van der Waals surface area contributed by atoms with Crippen LogP contribution in [-0.2, 0) is 6.61 Å². The Labute approximate surface area is 209 Å². The number of carbonyl (C=O) groups is 1. The van der Waals surface area contributed by atoms with Crippen LogP contribution < -0.4 is 14.9 Å². The van der Waals surface area contributed by atoms with Gasteiger partial charge in [-0.2, -0.15) is 5.10 Å². The summed E-state index contributed by atoms with van der Waals surface area (Å²) in [6.45, 7) is 0.218. The summed E-state index contributed by atoms with van der Waals surface area (Å²) in [7, 11) is 1.58. The molecule has 1 N–H and O–H groups in total. The summed E-state index contributed by atoms with van der Waals surface area (Å²) < 4.78 is 12.2. The number of hydrogen-bond acceptors (Lipinski definition) is 5. The Balaban J connectivity index is 1.46. The van der Waals surface area contributed by atoms with E-state index < -0.39 is 0 Å². The van der Waals surface area contributed by atoms with Crippen LogP contribution in [0.1, 0.15) is 20.8 Å². The van der Waals surface area contributed by atoms with Gasteiger partial charge in [0.2, 0.25) is 0 Å². The largest absolute Gasteiger partial charge is 0.496 e. The molecule has 0 fully saturated rings. The normalized spacial score (nSPS) is 11.2. The van der Waals surface area contributed by atoms with E-state index in [1.165, 1.54) is 17.6 Å². The third kappa shape index (κ3) is 5.42. The molecule has 0 aliphatic heterocycles. The maximum Gasteiger partial charge on any atom is 0.283 e. The second-order valence-electron chi connectivity index (χ2n) is 6.88. The molecule has 5 nitrogen and oxygen atoms in total. The van der Waals surface area contributed by atoms with Gasteiger partial charge in [-0.25, -0.2) is 5.43 Å². The van der Waals surface area contributed by atoms with Crippen LogP contribution in [0, 0.1) is 0 Å². The lowest BCUT2D eigenvalue weighted by atomic mass is 10.1. The van der Waals surface area contributed by atoms with Gasteiger partial charge in [0.15, 0.2) is 0 Å². The molecule has 0 spiro atoms. The molecular formula is C24H17Cl3N2O3S. The van der Waals surface area contributed by atoms with E-state index in [4.69, 9.17) is 44.3 Å². The molecule has 1 heterocycles. The number of amides is 1. The van der Waals surface area contributed by atoms with E-state index >= 15 is 0 Å². The van der Waals surface area contributed by atoms with E-state index in [-0.39, 0.29) is 12.5 Å². The number of nitrogens with one attached hydrogen (secondary N) is 1. The lowest BCUT2D eigenvalue weighted by Gasteiger charge is -2.12. The van der Waals surface area contributed by atoms with E-state index in [9.17, 15) is 4.79 Å². The van der Waals surface area contributed by atoms with Crippen molar-refractivity contribution in [1.82, 2.24) is 5.43 Å². The fourth-order valence-corrected chi connectivity index (χ4v) is 4.99. The van der Waals surface area contributed by atoms with Crippen molar-refractivity contribution in [2.24, 2.45) is 5.10 Å². The molecule has 0 bridgehead atoms. The van der Waals surface area contributed by atoms with Crippen LogP contribution in [0.5, 0.6) is 11.5 Å². The van der Waals surface area contributed by atoms with Crippen molar-refractivity contribution in [2.45, 2.75) is 6.61 Å². The zero-order chi connectivity index (χ0) is 23.4. The van der Waals surface area contributed by atoms with Gasteiger partial charge in [0.1, 0.15) is 23.0 Å². The molecule has 0 atom stereocenters. The minimum absolute atomic E-state index is 0.218. The molecule has 0 saturated carbocycles. The fourth-order valence-electron chi connectivity index (χ4n) is 3.12. The van der Waals surface area contributed by atoms with Crippen LogP contribution in [-0.4, -0.2) is 19.2 Å². The highest BCUT2D eigenvalue weighted by Crippen LogP contribution is 2.35. The molecule has 4 aromatic rings. The van der Waals surface area contributed by atoms with E-state index in [0.29, 0.717) is 31.4 Å². The third-order valence-electron chi connectivity index (χ3n) is 4.70. The van der Waals surface area contributed by atoms with Crippen molar-refractivity contribution < 1.29 is 14.3 Å². The molecule has 0 unspecified atom stereocenters.